The van der Waals surface area contributed by atoms with Gasteiger partial charge in [0.1, 0.15) is 6.54 Å². The van der Waals surface area contributed by atoms with Gasteiger partial charge in [0.05, 0.1) is 11.9 Å². The number of benzene rings is 1. The first-order valence-electron chi connectivity index (χ1n) is 7.43. The number of hydrogen-bond donors (Lipinski definition) is 0. The van der Waals surface area contributed by atoms with Crippen molar-refractivity contribution in [3.63, 3.8) is 0 Å². The van der Waals surface area contributed by atoms with E-state index in [4.69, 9.17) is 11.6 Å². The first-order valence-corrected chi connectivity index (χ1v) is 9.66. The zero-order valence-electron chi connectivity index (χ0n) is 13.6. The molecule has 0 aliphatic carbocycles. The van der Waals surface area contributed by atoms with Crippen molar-refractivity contribution in [2.75, 3.05) is 43.3 Å². The summed E-state index contributed by atoms with van der Waals surface area (Å²) >= 11 is 6.07. The van der Waals surface area contributed by atoms with Crippen LogP contribution < -0.4 is 4.31 Å². The lowest BCUT2D eigenvalue weighted by molar-refractivity contribution is -0.133. The number of nitrogens with zero attached hydrogens (tertiary/aromatic N) is 3. The van der Waals surface area contributed by atoms with E-state index in [-0.39, 0.29) is 12.5 Å². The lowest BCUT2D eigenvalue weighted by atomic mass is 10.2. The van der Waals surface area contributed by atoms with Crippen molar-refractivity contribution in [2.24, 2.45) is 0 Å². The quantitative estimate of drug-likeness (QED) is 0.712. The highest BCUT2D eigenvalue weighted by molar-refractivity contribution is 7.92. The fraction of sp³-hybridized carbons (Fsp3) is 0.467. The molecule has 1 aliphatic rings. The molecule has 0 atom stereocenters. The average molecular weight is 374 g/mol. The van der Waals surface area contributed by atoms with Crippen molar-refractivity contribution in [2.45, 2.75) is 6.92 Å². The molecule has 24 heavy (non-hydrogen) atoms. The first kappa shape index (κ1) is 18.5. The van der Waals surface area contributed by atoms with Crippen LogP contribution in [0.25, 0.3) is 0 Å². The van der Waals surface area contributed by atoms with E-state index >= 15 is 0 Å². The molecule has 1 saturated heterocycles. The summed E-state index contributed by atoms with van der Waals surface area (Å²) in [6, 6.07) is 4.87. The molecule has 1 aromatic carbocycles. The minimum Gasteiger partial charge on any atom is -0.342 e. The van der Waals surface area contributed by atoms with Gasteiger partial charge < -0.3 is 9.80 Å². The molecule has 0 bridgehead atoms. The van der Waals surface area contributed by atoms with Crippen LogP contribution in [0.1, 0.15) is 5.56 Å². The molecule has 2 amide bonds. The fourth-order valence-corrected chi connectivity index (χ4v) is 3.45. The molecular weight excluding hydrogens is 354 g/mol. The number of hydrogen-bond acceptors (Lipinski definition) is 4. The minimum atomic E-state index is -3.64. The maximum atomic E-state index is 12.5. The van der Waals surface area contributed by atoms with Gasteiger partial charge in [-0.1, -0.05) is 17.7 Å². The molecule has 0 radical (unpaired) electrons. The van der Waals surface area contributed by atoms with E-state index in [1.807, 2.05) is 6.92 Å². The van der Waals surface area contributed by atoms with Crippen LogP contribution in [0.5, 0.6) is 0 Å². The van der Waals surface area contributed by atoms with E-state index < -0.39 is 10.0 Å². The zero-order valence-corrected chi connectivity index (χ0v) is 15.2. The van der Waals surface area contributed by atoms with E-state index in [1.54, 1.807) is 21.9 Å². The average Bonchev–Trinajstić information content (AvgIpc) is 2.54. The van der Waals surface area contributed by atoms with Crippen LogP contribution in [0.4, 0.5) is 5.69 Å². The summed E-state index contributed by atoms with van der Waals surface area (Å²) in [5.41, 5.74) is 1.18. The Morgan fingerprint density at radius 3 is 2.42 bits per heavy atom. The number of halogens is 1. The van der Waals surface area contributed by atoms with Crippen molar-refractivity contribution in [1.29, 1.82) is 0 Å². The second kappa shape index (κ2) is 7.40. The number of aryl methyl sites for hydroxylation is 1. The predicted molar refractivity (Wildman–Crippen MR) is 92.6 cm³/mol. The van der Waals surface area contributed by atoms with E-state index in [1.165, 1.54) is 6.07 Å². The molecule has 0 saturated carbocycles. The van der Waals surface area contributed by atoms with Gasteiger partial charge in [-0.15, -0.1) is 0 Å². The van der Waals surface area contributed by atoms with Crippen LogP contribution in [-0.4, -0.2) is 69.5 Å². The molecule has 0 N–H and O–H groups in total. The van der Waals surface area contributed by atoms with Crippen molar-refractivity contribution in [1.82, 2.24) is 9.80 Å². The third kappa shape index (κ3) is 4.39. The van der Waals surface area contributed by atoms with Gasteiger partial charge in [-0.25, -0.2) is 8.42 Å². The van der Waals surface area contributed by atoms with Gasteiger partial charge in [-0.2, -0.15) is 0 Å². The summed E-state index contributed by atoms with van der Waals surface area (Å²) in [6.07, 6.45) is 1.80. The largest absolute Gasteiger partial charge is 0.342 e. The maximum Gasteiger partial charge on any atom is 0.243 e. The number of carbonyl (C=O) groups is 2. The van der Waals surface area contributed by atoms with Crippen LogP contribution in [-0.2, 0) is 19.6 Å². The second-order valence-electron chi connectivity index (χ2n) is 5.73. The summed E-state index contributed by atoms with van der Waals surface area (Å²) < 4.78 is 25.3. The summed E-state index contributed by atoms with van der Waals surface area (Å²) in [5, 5.41) is 0.438. The summed E-state index contributed by atoms with van der Waals surface area (Å²) in [7, 11) is -3.64. The third-order valence-electron chi connectivity index (χ3n) is 3.94. The number of anilines is 1. The number of sulfonamides is 1. The molecule has 7 nitrogen and oxygen atoms in total. The highest BCUT2D eigenvalue weighted by Gasteiger charge is 2.26. The minimum absolute atomic E-state index is 0.292. The van der Waals surface area contributed by atoms with Crippen LogP contribution in [0, 0.1) is 6.92 Å². The Morgan fingerprint density at radius 2 is 1.92 bits per heavy atom. The summed E-state index contributed by atoms with van der Waals surface area (Å²) in [5.74, 6) is -0.303. The number of rotatable bonds is 5. The monoisotopic (exact) mass is 373 g/mol. The lowest BCUT2D eigenvalue weighted by Gasteiger charge is -2.34. The van der Waals surface area contributed by atoms with E-state index in [2.05, 4.69) is 0 Å². The zero-order chi connectivity index (χ0) is 17.9. The van der Waals surface area contributed by atoms with Gasteiger partial charge in [-0.3, -0.25) is 13.9 Å². The summed E-state index contributed by atoms with van der Waals surface area (Å²) in [6.45, 7) is 3.20. The molecule has 0 aromatic heterocycles. The van der Waals surface area contributed by atoms with Gasteiger partial charge in [0, 0.05) is 31.2 Å². The fourth-order valence-electron chi connectivity index (χ4n) is 2.44. The van der Waals surface area contributed by atoms with Gasteiger partial charge in [-0.05, 0) is 24.6 Å². The van der Waals surface area contributed by atoms with Gasteiger partial charge in [0.25, 0.3) is 0 Å². The Labute approximate surface area is 146 Å². The van der Waals surface area contributed by atoms with Crippen molar-refractivity contribution in [3.05, 3.63) is 28.8 Å². The third-order valence-corrected chi connectivity index (χ3v) is 5.49. The number of carbonyl (C=O) groups excluding carboxylic acids is 2. The van der Waals surface area contributed by atoms with Crippen molar-refractivity contribution < 1.29 is 18.0 Å². The highest BCUT2D eigenvalue weighted by atomic mass is 35.5. The SMILES string of the molecule is Cc1ccc(N(CC(=O)N2CCN(C=O)CC2)S(C)(=O)=O)cc1Cl. The molecule has 9 heteroatoms. The van der Waals surface area contributed by atoms with Crippen molar-refractivity contribution >= 4 is 39.6 Å². The Hall–Kier alpha value is -1.80. The molecule has 1 fully saturated rings. The normalized spacial score (nSPS) is 15.3. The van der Waals surface area contributed by atoms with Crippen LogP contribution >= 0.6 is 11.6 Å². The van der Waals surface area contributed by atoms with Crippen molar-refractivity contribution in [3.8, 4) is 0 Å². The molecule has 0 unspecified atom stereocenters. The Kier molecular flexibility index (Phi) is 5.71. The predicted octanol–water partition coefficient (Wildman–Crippen LogP) is 0.715. The van der Waals surface area contributed by atoms with Gasteiger partial charge in [0.2, 0.25) is 22.3 Å². The second-order valence-corrected chi connectivity index (χ2v) is 8.04. The number of amides is 2. The molecule has 0 spiro atoms. The topological polar surface area (TPSA) is 78.0 Å². The van der Waals surface area contributed by atoms with E-state index in [0.29, 0.717) is 36.9 Å². The van der Waals surface area contributed by atoms with Gasteiger partial charge in [0.15, 0.2) is 0 Å². The highest BCUT2D eigenvalue weighted by Crippen LogP contribution is 2.25. The van der Waals surface area contributed by atoms with Crippen LogP contribution in [0.3, 0.4) is 0 Å². The van der Waals surface area contributed by atoms with Gasteiger partial charge >= 0.3 is 0 Å². The molecule has 132 valence electrons. The van der Waals surface area contributed by atoms with E-state index in [9.17, 15) is 18.0 Å². The molecule has 1 aromatic rings. The Morgan fingerprint density at radius 1 is 1.29 bits per heavy atom. The van der Waals surface area contributed by atoms with Crippen LogP contribution in [0.15, 0.2) is 18.2 Å². The standard InChI is InChI=1S/C15H20ClN3O4S/c1-12-3-4-13(9-14(12)16)19(24(2,22)23)10-15(21)18-7-5-17(11-20)6-8-18/h3-4,9,11H,5-8,10H2,1-2H3. The van der Waals surface area contributed by atoms with E-state index in [0.717, 1.165) is 22.5 Å². The Bertz CT molecular complexity index is 730. The molecule has 1 aliphatic heterocycles. The summed E-state index contributed by atoms with van der Waals surface area (Å²) in [4.78, 5) is 26.3. The molecule has 1 heterocycles. The van der Waals surface area contributed by atoms with Crippen LogP contribution in [0.2, 0.25) is 5.02 Å². The molecule has 2 rings (SSSR count). The maximum absolute atomic E-state index is 12.5. The first-order chi connectivity index (χ1) is 11.2. The Balaban J connectivity index is 2.16. The molecular formula is C15H20ClN3O4S. The number of piperazine rings is 1. The lowest BCUT2D eigenvalue weighted by Crippen LogP contribution is -2.51. The smallest absolute Gasteiger partial charge is 0.243 e.